The van der Waals surface area contributed by atoms with Gasteiger partial charge in [0.25, 0.3) is 0 Å². The minimum atomic E-state index is -0.523. The summed E-state index contributed by atoms with van der Waals surface area (Å²) in [5, 5.41) is 14.5. The number of nitrogens with zero attached hydrogens (tertiary/aromatic N) is 1. The Morgan fingerprint density at radius 2 is 2.17 bits per heavy atom. The van der Waals surface area contributed by atoms with E-state index in [2.05, 4.69) is 5.32 Å². The van der Waals surface area contributed by atoms with Crippen LogP contribution in [0.2, 0.25) is 10.0 Å². The molecule has 0 radical (unpaired) electrons. The minimum absolute atomic E-state index is 0.151. The molecule has 1 aromatic carbocycles. The molecule has 1 unspecified atom stereocenters. The van der Waals surface area contributed by atoms with Gasteiger partial charge < -0.3 is 10.1 Å². The summed E-state index contributed by atoms with van der Waals surface area (Å²) >= 11 is 11.6. The Labute approximate surface area is 114 Å². The second-order valence-corrected chi connectivity index (χ2v) is 4.98. The third-order valence-corrected chi connectivity index (χ3v) is 3.56. The highest BCUT2D eigenvalue weighted by atomic mass is 35.5. The van der Waals surface area contributed by atoms with Gasteiger partial charge in [0.1, 0.15) is 0 Å². The lowest BCUT2D eigenvalue weighted by Gasteiger charge is -2.11. The van der Waals surface area contributed by atoms with E-state index in [1.54, 1.807) is 0 Å². The van der Waals surface area contributed by atoms with E-state index in [0.29, 0.717) is 12.5 Å². The second-order valence-electron chi connectivity index (χ2n) is 4.16. The Bertz CT molecular complexity index is 462. The van der Waals surface area contributed by atoms with Crippen molar-refractivity contribution >= 4 is 28.9 Å². The van der Waals surface area contributed by atoms with Crippen molar-refractivity contribution in [1.82, 2.24) is 5.32 Å². The maximum Gasteiger partial charge on any atom is 0.312 e. The molecule has 0 spiro atoms. The molecule has 0 aromatic heterocycles. The van der Waals surface area contributed by atoms with Gasteiger partial charge >= 0.3 is 5.69 Å². The fourth-order valence-corrected chi connectivity index (χ4v) is 2.15. The fraction of sp³-hybridized carbons (Fsp3) is 0.455. The van der Waals surface area contributed by atoms with Gasteiger partial charge in [0.15, 0.2) is 5.75 Å². The van der Waals surface area contributed by atoms with Crippen molar-refractivity contribution in [3.05, 3.63) is 32.3 Å². The largest absolute Gasteiger partial charge is 0.486 e. The zero-order chi connectivity index (χ0) is 13.1. The first kappa shape index (κ1) is 13.4. The maximum absolute atomic E-state index is 10.9. The highest BCUT2D eigenvalue weighted by Gasteiger charge is 2.21. The average Bonchev–Trinajstić information content (AvgIpc) is 2.83. The van der Waals surface area contributed by atoms with Crippen molar-refractivity contribution in [1.29, 1.82) is 0 Å². The molecule has 0 bridgehead atoms. The van der Waals surface area contributed by atoms with Gasteiger partial charge in [0.05, 0.1) is 21.6 Å². The van der Waals surface area contributed by atoms with Crippen LogP contribution >= 0.6 is 23.2 Å². The normalized spacial score (nSPS) is 18.9. The van der Waals surface area contributed by atoms with Crippen molar-refractivity contribution in [2.45, 2.75) is 6.42 Å². The van der Waals surface area contributed by atoms with E-state index in [4.69, 9.17) is 27.9 Å². The van der Waals surface area contributed by atoms with Crippen LogP contribution in [0, 0.1) is 16.0 Å². The van der Waals surface area contributed by atoms with Gasteiger partial charge in [-0.05, 0) is 13.0 Å². The number of hydrogen-bond acceptors (Lipinski definition) is 4. The highest BCUT2D eigenvalue weighted by molar-refractivity contribution is 6.42. The molecule has 1 aliphatic heterocycles. The SMILES string of the molecule is O=[N+]([O-])c1cc(Cl)c(Cl)cc1OCC1CCNC1. The van der Waals surface area contributed by atoms with E-state index in [-0.39, 0.29) is 21.5 Å². The molecule has 98 valence electrons. The van der Waals surface area contributed by atoms with E-state index in [0.717, 1.165) is 19.5 Å². The lowest BCUT2D eigenvalue weighted by atomic mass is 10.1. The molecule has 1 N–H and O–H groups in total. The number of nitro benzene ring substituents is 1. The number of rotatable bonds is 4. The van der Waals surface area contributed by atoms with Crippen molar-refractivity contribution in [2.24, 2.45) is 5.92 Å². The van der Waals surface area contributed by atoms with Gasteiger partial charge in [-0.1, -0.05) is 23.2 Å². The quantitative estimate of drug-likeness (QED) is 0.684. The summed E-state index contributed by atoms with van der Waals surface area (Å²) in [4.78, 5) is 10.4. The van der Waals surface area contributed by atoms with Crippen molar-refractivity contribution < 1.29 is 9.66 Å². The summed E-state index contributed by atoms with van der Waals surface area (Å²) in [7, 11) is 0. The van der Waals surface area contributed by atoms with Gasteiger partial charge in [-0.2, -0.15) is 0 Å². The third kappa shape index (κ3) is 3.04. The highest BCUT2D eigenvalue weighted by Crippen LogP contribution is 2.35. The molecule has 1 fully saturated rings. The summed E-state index contributed by atoms with van der Waals surface area (Å²) in [5.41, 5.74) is -0.157. The smallest absolute Gasteiger partial charge is 0.312 e. The Balaban J connectivity index is 2.14. The van der Waals surface area contributed by atoms with Crippen molar-refractivity contribution in [3.63, 3.8) is 0 Å². The van der Waals surface area contributed by atoms with Crippen LogP contribution in [-0.4, -0.2) is 24.6 Å². The van der Waals surface area contributed by atoms with E-state index < -0.39 is 4.92 Å². The predicted octanol–water partition coefficient (Wildman–Crippen LogP) is 2.89. The summed E-state index contributed by atoms with van der Waals surface area (Å²) in [5.74, 6) is 0.542. The Morgan fingerprint density at radius 1 is 1.44 bits per heavy atom. The summed E-state index contributed by atoms with van der Waals surface area (Å²) in [6, 6.07) is 2.61. The van der Waals surface area contributed by atoms with Crippen LogP contribution in [0.3, 0.4) is 0 Å². The number of halogens is 2. The molecule has 1 heterocycles. The standard InChI is InChI=1S/C11H12Cl2N2O3/c12-8-3-10(15(16)17)11(4-9(8)13)18-6-7-1-2-14-5-7/h3-4,7,14H,1-2,5-6H2. The first-order chi connectivity index (χ1) is 8.58. The van der Waals surface area contributed by atoms with Crippen molar-refractivity contribution in [3.8, 4) is 5.75 Å². The molecule has 1 atom stereocenters. The van der Waals surface area contributed by atoms with E-state index in [1.165, 1.54) is 12.1 Å². The monoisotopic (exact) mass is 290 g/mol. The lowest BCUT2D eigenvalue weighted by Crippen LogP contribution is -2.15. The van der Waals surface area contributed by atoms with Crippen LogP contribution in [0.5, 0.6) is 5.75 Å². The number of benzene rings is 1. The maximum atomic E-state index is 10.9. The molecule has 18 heavy (non-hydrogen) atoms. The summed E-state index contributed by atoms with van der Waals surface area (Å²) in [6.07, 6.45) is 1.01. The molecule has 1 aliphatic rings. The predicted molar refractivity (Wildman–Crippen MR) is 69.6 cm³/mol. The van der Waals surface area contributed by atoms with Crippen LogP contribution < -0.4 is 10.1 Å². The Hall–Kier alpha value is -1.04. The fourth-order valence-electron chi connectivity index (χ4n) is 1.84. The van der Waals surface area contributed by atoms with Gasteiger partial charge in [-0.3, -0.25) is 10.1 Å². The average molecular weight is 291 g/mol. The van der Waals surface area contributed by atoms with Gasteiger partial charge in [-0.15, -0.1) is 0 Å². The molecule has 2 rings (SSSR count). The molecule has 1 aromatic rings. The third-order valence-electron chi connectivity index (χ3n) is 2.84. The Kier molecular flexibility index (Phi) is 4.27. The van der Waals surface area contributed by atoms with Gasteiger partial charge in [0.2, 0.25) is 0 Å². The number of nitro groups is 1. The molecule has 0 saturated carbocycles. The molecule has 7 heteroatoms. The molecule has 1 saturated heterocycles. The second kappa shape index (κ2) is 5.73. The first-order valence-electron chi connectivity index (χ1n) is 5.55. The summed E-state index contributed by atoms with van der Waals surface area (Å²) in [6.45, 7) is 2.26. The molecular weight excluding hydrogens is 279 g/mol. The number of nitrogens with one attached hydrogen (secondary N) is 1. The van der Waals surface area contributed by atoms with Crippen LogP contribution in [-0.2, 0) is 0 Å². The van der Waals surface area contributed by atoms with Crippen LogP contribution in [0.15, 0.2) is 12.1 Å². The lowest BCUT2D eigenvalue weighted by molar-refractivity contribution is -0.385. The Morgan fingerprint density at radius 3 is 2.78 bits per heavy atom. The number of hydrogen-bond donors (Lipinski definition) is 1. The van der Waals surface area contributed by atoms with Crippen LogP contribution in [0.4, 0.5) is 5.69 Å². The van der Waals surface area contributed by atoms with Gasteiger partial charge in [0, 0.05) is 24.6 Å². The van der Waals surface area contributed by atoms with E-state index in [9.17, 15) is 10.1 Å². The van der Waals surface area contributed by atoms with E-state index in [1.807, 2.05) is 0 Å². The van der Waals surface area contributed by atoms with Gasteiger partial charge in [-0.25, -0.2) is 0 Å². The van der Waals surface area contributed by atoms with E-state index >= 15 is 0 Å². The molecule has 0 amide bonds. The van der Waals surface area contributed by atoms with Crippen LogP contribution in [0.1, 0.15) is 6.42 Å². The first-order valence-corrected chi connectivity index (χ1v) is 6.30. The molecule has 0 aliphatic carbocycles. The summed E-state index contributed by atoms with van der Waals surface area (Å²) < 4.78 is 5.49. The zero-order valence-corrected chi connectivity index (χ0v) is 11.0. The van der Waals surface area contributed by atoms with Crippen molar-refractivity contribution in [2.75, 3.05) is 19.7 Å². The minimum Gasteiger partial charge on any atom is -0.486 e. The zero-order valence-electron chi connectivity index (χ0n) is 9.49. The topological polar surface area (TPSA) is 64.4 Å². The molecular formula is C11H12Cl2N2O3. The van der Waals surface area contributed by atoms with Crippen LogP contribution in [0.25, 0.3) is 0 Å². The number of ether oxygens (including phenoxy) is 1. The molecule has 5 nitrogen and oxygen atoms in total.